The molecule has 0 spiro atoms. The zero-order valence-corrected chi connectivity index (χ0v) is 33.3. The number of phosphoric acid groups is 1. The monoisotopic (exact) mass is 860 g/mol. The van der Waals surface area contributed by atoms with E-state index in [1.165, 1.54) is 47.1 Å². The first-order valence-electron chi connectivity index (χ1n) is 18.1. The number of anilines is 3. The lowest BCUT2D eigenvalue weighted by Gasteiger charge is -2.25. The molecule has 7 rings (SSSR count). The highest BCUT2D eigenvalue weighted by Gasteiger charge is 2.52. The number of amides is 2. The maximum atomic E-state index is 14.2. The molecule has 1 aliphatic heterocycles. The molecule has 21 heteroatoms. The Morgan fingerprint density at radius 2 is 1.45 bits per heavy atom. The summed E-state index contributed by atoms with van der Waals surface area (Å²) in [6.45, 7) is 0.977. The van der Waals surface area contributed by atoms with Crippen LogP contribution in [0.3, 0.4) is 0 Å². The predicted octanol–water partition coefficient (Wildman–Crippen LogP) is 7.20. The molecule has 1 saturated heterocycles. The Hall–Kier alpha value is -6.14. The van der Waals surface area contributed by atoms with Gasteiger partial charge in [-0.15, -0.1) is 0 Å². The Kier molecular flexibility index (Phi) is 12.6. The van der Waals surface area contributed by atoms with Crippen LogP contribution in [0.2, 0.25) is 0 Å². The van der Waals surface area contributed by atoms with E-state index in [0.29, 0.717) is 22.8 Å². The normalized spacial score (nSPS) is 19.5. The van der Waals surface area contributed by atoms with Crippen LogP contribution >= 0.6 is 15.4 Å². The molecular formula is C39H38N6O13P2. The number of nitrogen functional groups attached to an aromatic ring is 1. The number of rotatable bonds is 14. The number of hydrogen-bond acceptors (Lipinski definition) is 14. The molecule has 1 aliphatic rings. The molecule has 3 heterocycles. The van der Waals surface area contributed by atoms with Gasteiger partial charge in [0.25, 0.3) is 0 Å². The van der Waals surface area contributed by atoms with Crippen LogP contribution in [0.1, 0.15) is 17.4 Å². The summed E-state index contributed by atoms with van der Waals surface area (Å²) in [6, 6.07) is 31.2. The fourth-order valence-corrected chi connectivity index (χ4v) is 9.09. The van der Waals surface area contributed by atoms with Gasteiger partial charge in [-0.3, -0.25) is 28.7 Å². The summed E-state index contributed by atoms with van der Waals surface area (Å²) in [4.78, 5) is 56.4. The molecule has 1 fully saturated rings. The number of imidazole rings is 1. The third-order valence-electron chi connectivity index (χ3n) is 9.09. The predicted molar refractivity (Wildman–Crippen MR) is 217 cm³/mol. The molecule has 6 atom stereocenters. The zero-order valence-electron chi connectivity index (χ0n) is 31.5. The zero-order chi connectivity index (χ0) is 42.4. The van der Waals surface area contributed by atoms with Crippen LogP contribution in [0.5, 0.6) is 0 Å². The van der Waals surface area contributed by atoms with Crippen LogP contribution in [0.15, 0.2) is 132 Å². The van der Waals surface area contributed by atoms with Crippen molar-refractivity contribution >= 4 is 50.3 Å². The van der Waals surface area contributed by atoms with Gasteiger partial charge in [0.05, 0.1) is 18.5 Å². The molecule has 0 bridgehead atoms. The smallest absolute Gasteiger partial charge is 0.439 e. The van der Waals surface area contributed by atoms with Crippen molar-refractivity contribution in [1.82, 2.24) is 14.0 Å². The van der Waals surface area contributed by atoms with Gasteiger partial charge in [0.1, 0.15) is 11.8 Å². The van der Waals surface area contributed by atoms with Crippen LogP contribution in [0.25, 0.3) is 16.9 Å². The summed E-state index contributed by atoms with van der Waals surface area (Å²) in [5.41, 5.74) is 8.80. The van der Waals surface area contributed by atoms with Gasteiger partial charge in [0, 0.05) is 35.0 Å². The van der Waals surface area contributed by atoms with Crippen LogP contribution in [0.4, 0.5) is 26.7 Å². The van der Waals surface area contributed by atoms with Crippen molar-refractivity contribution in [2.24, 2.45) is 0 Å². The Bertz CT molecular complexity index is 2610. The molecule has 4 aromatic carbocycles. The number of nitrogens with zero attached hydrogens (tertiary/aromatic N) is 3. The summed E-state index contributed by atoms with van der Waals surface area (Å²) in [5, 5.41) is 14.6. The molecule has 2 amide bonds. The molecule has 0 saturated carbocycles. The lowest BCUT2D eigenvalue weighted by Crippen LogP contribution is -2.43. The topological polar surface area (TPSA) is 253 Å². The maximum Gasteiger partial charge on any atom is 0.479 e. The first-order chi connectivity index (χ1) is 28.8. The standard InChI is InChI=1S/C39H38N6O13P2/c1-25-12-16-27(17-13-25)31-22-45-33(43-31)20-21-44(39(45)48)36-35(56-38(47)42-30-10-6-3-7-11-30)34(55-37(46)41-29-8-4-2-5-9-29)32(54-36)23-53-60(51,52)58-59(50,57-49)24-26-14-18-28(40)19-15-26/h2-22,32,34-36,49H,23-24,40H2,1H3,(H,41,46)(H,42,47)(H,51,52)/t32-,34?,35+,36-,59?/m1/s1. The molecule has 0 aliphatic carbocycles. The lowest BCUT2D eigenvalue weighted by molar-refractivity contribution is -0.145. The average molecular weight is 861 g/mol. The summed E-state index contributed by atoms with van der Waals surface area (Å²) in [7, 11) is -10.2. The molecule has 6 N–H and O–H groups in total. The van der Waals surface area contributed by atoms with Crippen molar-refractivity contribution < 1.29 is 56.6 Å². The third-order valence-corrected chi connectivity index (χ3v) is 12.4. The number of ether oxygens (including phenoxy) is 3. The highest BCUT2D eigenvalue weighted by atomic mass is 31.3. The van der Waals surface area contributed by atoms with Crippen molar-refractivity contribution in [3.63, 3.8) is 0 Å². The molecule has 2 aromatic heterocycles. The van der Waals surface area contributed by atoms with Crippen molar-refractivity contribution in [3.8, 4) is 11.3 Å². The molecule has 60 heavy (non-hydrogen) atoms. The van der Waals surface area contributed by atoms with Crippen molar-refractivity contribution in [2.75, 3.05) is 23.0 Å². The van der Waals surface area contributed by atoms with Gasteiger partial charge < -0.3 is 24.8 Å². The van der Waals surface area contributed by atoms with E-state index in [4.69, 9.17) is 28.8 Å². The van der Waals surface area contributed by atoms with E-state index in [9.17, 15) is 33.7 Å². The molecule has 0 radical (unpaired) electrons. The quantitative estimate of drug-likeness (QED) is 0.0314. The first kappa shape index (κ1) is 42.0. The third kappa shape index (κ3) is 10.2. The lowest BCUT2D eigenvalue weighted by atomic mass is 10.1. The van der Waals surface area contributed by atoms with Crippen molar-refractivity contribution in [3.05, 3.63) is 149 Å². The van der Waals surface area contributed by atoms with E-state index in [1.54, 1.807) is 60.7 Å². The molecular weight excluding hydrogens is 822 g/mol. The van der Waals surface area contributed by atoms with Gasteiger partial charge in [-0.2, -0.15) is 4.67 Å². The summed E-state index contributed by atoms with van der Waals surface area (Å²) in [6.07, 6.45) is -6.40. The second-order valence-electron chi connectivity index (χ2n) is 13.5. The molecule has 312 valence electrons. The first-order valence-corrected chi connectivity index (χ1v) is 21.3. The van der Waals surface area contributed by atoms with E-state index in [1.807, 2.05) is 31.2 Å². The second kappa shape index (κ2) is 18.0. The number of para-hydroxylation sites is 2. The second-order valence-corrected chi connectivity index (χ2v) is 17.0. The SMILES string of the molecule is Cc1ccc(-c2cn3c(=O)n([C@@H]4O[C@H](COP(=O)(O)OP(=O)(Cc5ccc(N)cc5)OO)C(OC(=O)Nc5ccccc5)[C@@H]4OC(=O)Nc4ccccc4)ccc3n2)cc1. The summed E-state index contributed by atoms with van der Waals surface area (Å²) in [5.74, 6) is 0. The number of carbonyl (C=O) groups is 2. The van der Waals surface area contributed by atoms with Gasteiger partial charge in [0.2, 0.25) is 0 Å². The number of aryl methyl sites for hydroxylation is 1. The Morgan fingerprint density at radius 1 is 0.850 bits per heavy atom. The fraction of sp³-hybridized carbons (Fsp3) is 0.179. The number of carbonyl (C=O) groups excluding carboxylic acids is 2. The van der Waals surface area contributed by atoms with E-state index in [-0.39, 0.29) is 11.2 Å². The number of benzene rings is 4. The van der Waals surface area contributed by atoms with Gasteiger partial charge in [-0.1, -0.05) is 78.4 Å². The Balaban J connectivity index is 1.22. The summed E-state index contributed by atoms with van der Waals surface area (Å²) >= 11 is 0. The van der Waals surface area contributed by atoms with Crippen LogP contribution in [0, 0.1) is 6.92 Å². The molecule has 19 nitrogen and oxygen atoms in total. The Morgan fingerprint density at radius 3 is 2.05 bits per heavy atom. The maximum absolute atomic E-state index is 14.2. The number of aromatic nitrogens is 3. The highest BCUT2D eigenvalue weighted by Crippen LogP contribution is 2.64. The van der Waals surface area contributed by atoms with Gasteiger partial charge in [0.15, 0.2) is 18.4 Å². The number of phosphoric ester groups is 1. The highest BCUT2D eigenvalue weighted by molar-refractivity contribution is 7.64. The van der Waals surface area contributed by atoms with E-state index in [2.05, 4.69) is 20.3 Å². The minimum absolute atomic E-state index is 0.265. The fourth-order valence-electron chi connectivity index (χ4n) is 6.24. The number of nitrogens with two attached hydrogens (primary N) is 1. The minimum Gasteiger partial charge on any atom is -0.439 e. The number of nitrogens with one attached hydrogen (secondary N) is 2. The van der Waals surface area contributed by atoms with Gasteiger partial charge in [-0.25, -0.2) is 33.5 Å². The van der Waals surface area contributed by atoms with Crippen LogP contribution in [-0.4, -0.2) is 61.2 Å². The van der Waals surface area contributed by atoms with E-state index >= 15 is 0 Å². The number of hydrogen-bond donors (Lipinski definition) is 5. The van der Waals surface area contributed by atoms with Crippen molar-refractivity contribution in [2.45, 2.75) is 37.6 Å². The van der Waals surface area contributed by atoms with Crippen LogP contribution < -0.4 is 22.1 Å². The minimum atomic E-state index is -5.41. The average Bonchev–Trinajstić information content (AvgIpc) is 3.81. The van der Waals surface area contributed by atoms with Gasteiger partial charge in [-0.05, 0) is 55.0 Å². The van der Waals surface area contributed by atoms with Gasteiger partial charge >= 0.3 is 33.3 Å². The molecule has 6 aromatic rings. The number of fused-ring (bicyclic) bond motifs is 1. The largest absolute Gasteiger partial charge is 0.479 e. The molecule has 3 unspecified atom stereocenters. The van der Waals surface area contributed by atoms with Crippen molar-refractivity contribution in [1.29, 1.82) is 0 Å². The van der Waals surface area contributed by atoms with E-state index < -0.39 is 70.6 Å². The summed E-state index contributed by atoms with van der Waals surface area (Å²) < 4.78 is 60.8. The Labute approximate surface area is 341 Å². The van der Waals surface area contributed by atoms with E-state index in [0.717, 1.165) is 15.7 Å². The van der Waals surface area contributed by atoms with Crippen LogP contribution in [-0.2, 0) is 43.0 Å².